The van der Waals surface area contributed by atoms with E-state index in [9.17, 15) is 4.79 Å². The van der Waals surface area contributed by atoms with Gasteiger partial charge in [-0.05, 0) is 42.7 Å². The van der Waals surface area contributed by atoms with Crippen molar-refractivity contribution in [3.63, 3.8) is 0 Å². The van der Waals surface area contributed by atoms with E-state index in [4.69, 9.17) is 4.74 Å². The summed E-state index contributed by atoms with van der Waals surface area (Å²) >= 11 is 0. The maximum Gasteiger partial charge on any atom is 0.272 e. The Balaban J connectivity index is 1.51. The van der Waals surface area contributed by atoms with Crippen LogP contribution >= 0.6 is 0 Å². The van der Waals surface area contributed by atoms with E-state index in [0.717, 1.165) is 17.1 Å². The van der Waals surface area contributed by atoms with E-state index in [-0.39, 0.29) is 5.91 Å². The zero-order valence-corrected chi connectivity index (χ0v) is 14.5. The SMILES string of the molecule is COc1ccc(CNC(=O)c2ccc(NC3CCCCC3)nn2)cc1. The summed E-state index contributed by atoms with van der Waals surface area (Å²) in [5, 5.41) is 14.4. The van der Waals surface area contributed by atoms with Gasteiger partial charge in [0.2, 0.25) is 0 Å². The zero-order chi connectivity index (χ0) is 17.5. The summed E-state index contributed by atoms with van der Waals surface area (Å²) in [7, 11) is 1.63. The largest absolute Gasteiger partial charge is 0.497 e. The molecule has 0 radical (unpaired) electrons. The minimum atomic E-state index is -0.229. The van der Waals surface area contributed by atoms with Crippen LogP contribution in [0.25, 0.3) is 0 Å². The van der Waals surface area contributed by atoms with Gasteiger partial charge in [0.1, 0.15) is 11.6 Å². The summed E-state index contributed by atoms with van der Waals surface area (Å²) in [4.78, 5) is 12.2. The van der Waals surface area contributed by atoms with Gasteiger partial charge in [0.05, 0.1) is 7.11 Å². The first kappa shape index (κ1) is 17.2. The third kappa shape index (κ3) is 4.92. The van der Waals surface area contributed by atoms with Gasteiger partial charge in [0.15, 0.2) is 5.69 Å². The fraction of sp³-hybridized carbons (Fsp3) is 0.421. The van der Waals surface area contributed by atoms with E-state index < -0.39 is 0 Å². The van der Waals surface area contributed by atoms with E-state index in [1.165, 1.54) is 32.1 Å². The van der Waals surface area contributed by atoms with Crippen LogP contribution in [0.4, 0.5) is 5.82 Å². The van der Waals surface area contributed by atoms with Crippen molar-refractivity contribution in [2.45, 2.75) is 44.7 Å². The lowest BCUT2D eigenvalue weighted by Gasteiger charge is -2.22. The first-order chi connectivity index (χ1) is 12.2. The van der Waals surface area contributed by atoms with Gasteiger partial charge in [-0.15, -0.1) is 10.2 Å². The average molecular weight is 340 g/mol. The molecule has 0 spiro atoms. The normalized spacial score (nSPS) is 14.8. The molecule has 6 heteroatoms. The Hall–Kier alpha value is -2.63. The van der Waals surface area contributed by atoms with E-state index >= 15 is 0 Å². The van der Waals surface area contributed by atoms with E-state index in [2.05, 4.69) is 20.8 Å². The molecule has 1 aliphatic rings. The molecule has 1 saturated carbocycles. The minimum absolute atomic E-state index is 0.229. The number of hydrogen-bond acceptors (Lipinski definition) is 5. The number of anilines is 1. The van der Waals surface area contributed by atoms with E-state index in [0.29, 0.717) is 18.3 Å². The van der Waals surface area contributed by atoms with Crippen LogP contribution in [0, 0.1) is 0 Å². The van der Waals surface area contributed by atoms with Gasteiger partial charge in [0.25, 0.3) is 5.91 Å². The molecule has 2 aromatic rings. The molecule has 1 aromatic carbocycles. The Morgan fingerprint density at radius 3 is 2.48 bits per heavy atom. The molecule has 0 unspecified atom stereocenters. The number of hydrogen-bond donors (Lipinski definition) is 2. The number of methoxy groups -OCH3 is 1. The van der Waals surface area contributed by atoms with Crippen LogP contribution in [0.2, 0.25) is 0 Å². The number of carbonyl (C=O) groups excluding carboxylic acids is 1. The highest BCUT2D eigenvalue weighted by Crippen LogP contribution is 2.20. The van der Waals surface area contributed by atoms with Crippen molar-refractivity contribution >= 4 is 11.7 Å². The van der Waals surface area contributed by atoms with Gasteiger partial charge >= 0.3 is 0 Å². The molecular formula is C19H24N4O2. The van der Waals surface area contributed by atoms with Crippen molar-refractivity contribution in [3.05, 3.63) is 47.7 Å². The molecule has 1 fully saturated rings. The third-order valence-corrected chi connectivity index (χ3v) is 4.47. The Morgan fingerprint density at radius 2 is 1.84 bits per heavy atom. The molecule has 25 heavy (non-hydrogen) atoms. The maximum atomic E-state index is 12.2. The van der Waals surface area contributed by atoms with Crippen LogP contribution in [0.5, 0.6) is 5.75 Å². The van der Waals surface area contributed by atoms with Gasteiger partial charge in [-0.2, -0.15) is 0 Å². The highest BCUT2D eigenvalue weighted by molar-refractivity contribution is 5.92. The monoisotopic (exact) mass is 340 g/mol. The minimum Gasteiger partial charge on any atom is -0.497 e. The average Bonchev–Trinajstić information content (AvgIpc) is 2.68. The summed E-state index contributed by atoms with van der Waals surface area (Å²) in [6.07, 6.45) is 6.18. The quantitative estimate of drug-likeness (QED) is 0.845. The van der Waals surface area contributed by atoms with Crippen LogP contribution in [-0.4, -0.2) is 29.3 Å². The summed E-state index contributed by atoms with van der Waals surface area (Å²) < 4.78 is 5.12. The van der Waals surface area contributed by atoms with E-state index in [1.807, 2.05) is 30.3 Å². The number of amides is 1. The number of nitrogens with one attached hydrogen (secondary N) is 2. The Labute approximate surface area is 148 Å². The van der Waals surface area contributed by atoms with Crippen molar-refractivity contribution in [2.24, 2.45) is 0 Å². The highest BCUT2D eigenvalue weighted by atomic mass is 16.5. The van der Waals surface area contributed by atoms with E-state index in [1.54, 1.807) is 13.2 Å². The van der Waals surface area contributed by atoms with Crippen LogP contribution in [0.3, 0.4) is 0 Å². The second-order valence-electron chi connectivity index (χ2n) is 6.31. The molecule has 132 valence electrons. The number of nitrogens with zero attached hydrogens (tertiary/aromatic N) is 2. The van der Waals surface area contributed by atoms with Gasteiger partial charge < -0.3 is 15.4 Å². The molecule has 0 atom stereocenters. The van der Waals surface area contributed by atoms with Gasteiger partial charge in [-0.25, -0.2) is 0 Å². The smallest absolute Gasteiger partial charge is 0.272 e. The molecule has 6 nitrogen and oxygen atoms in total. The second kappa shape index (κ2) is 8.46. The number of carbonyl (C=O) groups is 1. The molecule has 0 aliphatic heterocycles. The molecule has 1 amide bonds. The number of ether oxygens (including phenoxy) is 1. The molecule has 1 aliphatic carbocycles. The predicted molar refractivity (Wildman–Crippen MR) is 96.7 cm³/mol. The standard InChI is InChI=1S/C19H24N4O2/c1-25-16-9-7-14(8-10-16)13-20-19(24)17-11-12-18(23-22-17)21-15-5-3-2-4-6-15/h7-12,15H,2-6,13H2,1H3,(H,20,24)(H,21,23). The molecule has 2 N–H and O–H groups in total. The van der Waals surface area contributed by atoms with Crippen LogP contribution in [0.1, 0.15) is 48.2 Å². The fourth-order valence-electron chi connectivity index (χ4n) is 3.00. The number of benzene rings is 1. The molecule has 0 saturated heterocycles. The summed E-state index contributed by atoms with van der Waals surface area (Å²) in [6, 6.07) is 11.6. The van der Waals surface area contributed by atoms with Gasteiger partial charge in [0, 0.05) is 12.6 Å². The zero-order valence-electron chi connectivity index (χ0n) is 14.5. The number of aromatic nitrogens is 2. The summed E-state index contributed by atoms with van der Waals surface area (Å²) in [5.74, 6) is 1.30. The second-order valence-corrected chi connectivity index (χ2v) is 6.31. The molecule has 3 rings (SSSR count). The topological polar surface area (TPSA) is 76.1 Å². The maximum absolute atomic E-state index is 12.2. The van der Waals surface area contributed by atoms with Gasteiger partial charge in [-0.1, -0.05) is 31.4 Å². The Morgan fingerprint density at radius 1 is 1.08 bits per heavy atom. The first-order valence-electron chi connectivity index (χ1n) is 8.76. The van der Waals surface area contributed by atoms with Crippen LogP contribution in [-0.2, 0) is 6.54 Å². The van der Waals surface area contributed by atoms with Crippen molar-refractivity contribution < 1.29 is 9.53 Å². The van der Waals surface area contributed by atoms with Crippen LogP contribution < -0.4 is 15.4 Å². The molecule has 0 bridgehead atoms. The Kier molecular flexibility index (Phi) is 5.82. The molecule has 1 aromatic heterocycles. The lowest BCUT2D eigenvalue weighted by atomic mass is 9.95. The lowest BCUT2D eigenvalue weighted by Crippen LogP contribution is -2.25. The molecule has 1 heterocycles. The lowest BCUT2D eigenvalue weighted by molar-refractivity contribution is 0.0945. The predicted octanol–water partition coefficient (Wildman–Crippen LogP) is 3.16. The Bertz CT molecular complexity index is 680. The number of rotatable bonds is 6. The van der Waals surface area contributed by atoms with Crippen molar-refractivity contribution in [1.82, 2.24) is 15.5 Å². The van der Waals surface area contributed by atoms with Crippen molar-refractivity contribution in [3.8, 4) is 5.75 Å². The molecular weight excluding hydrogens is 316 g/mol. The first-order valence-corrected chi connectivity index (χ1v) is 8.76. The highest BCUT2D eigenvalue weighted by Gasteiger charge is 2.14. The summed E-state index contributed by atoms with van der Waals surface area (Å²) in [6.45, 7) is 0.437. The fourth-order valence-corrected chi connectivity index (χ4v) is 3.00. The summed E-state index contributed by atoms with van der Waals surface area (Å²) in [5.41, 5.74) is 1.32. The third-order valence-electron chi connectivity index (χ3n) is 4.47. The van der Waals surface area contributed by atoms with Gasteiger partial charge in [-0.3, -0.25) is 4.79 Å². The van der Waals surface area contributed by atoms with Crippen LogP contribution in [0.15, 0.2) is 36.4 Å². The van der Waals surface area contributed by atoms with Crippen molar-refractivity contribution in [1.29, 1.82) is 0 Å². The van der Waals surface area contributed by atoms with Crippen molar-refractivity contribution in [2.75, 3.05) is 12.4 Å².